The van der Waals surface area contributed by atoms with Gasteiger partial charge in [-0.1, -0.05) is 19.3 Å². The number of imidazole rings is 1. The first-order valence-corrected chi connectivity index (χ1v) is 8.77. The lowest BCUT2D eigenvalue weighted by molar-refractivity contribution is 0.182. The number of hydrogen-bond donors (Lipinski definition) is 2. The van der Waals surface area contributed by atoms with Gasteiger partial charge in [-0.2, -0.15) is 0 Å². The van der Waals surface area contributed by atoms with E-state index in [1.165, 1.54) is 57.3 Å². The molecule has 21 heavy (non-hydrogen) atoms. The molecule has 4 nitrogen and oxygen atoms in total. The quantitative estimate of drug-likeness (QED) is 0.874. The Balaban J connectivity index is 1.50. The van der Waals surface area contributed by atoms with E-state index in [-0.39, 0.29) is 0 Å². The van der Waals surface area contributed by atoms with Crippen molar-refractivity contribution in [2.24, 2.45) is 13.0 Å². The third kappa shape index (κ3) is 3.86. The molecular formula is C17H30N4. The summed E-state index contributed by atoms with van der Waals surface area (Å²) in [5.74, 6) is 2.02. The van der Waals surface area contributed by atoms with Gasteiger partial charge >= 0.3 is 0 Å². The van der Waals surface area contributed by atoms with Crippen molar-refractivity contribution < 1.29 is 0 Å². The summed E-state index contributed by atoms with van der Waals surface area (Å²) < 4.78 is 2.13. The Labute approximate surface area is 128 Å². The molecule has 3 rings (SSSR count). The van der Waals surface area contributed by atoms with Crippen molar-refractivity contribution in [1.29, 1.82) is 0 Å². The van der Waals surface area contributed by atoms with E-state index in [2.05, 4.69) is 27.2 Å². The minimum atomic E-state index is 0.703. The predicted molar refractivity (Wildman–Crippen MR) is 86.3 cm³/mol. The van der Waals surface area contributed by atoms with Crippen LogP contribution in [0.1, 0.15) is 50.8 Å². The fourth-order valence-electron chi connectivity index (χ4n) is 4.15. The van der Waals surface area contributed by atoms with Crippen molar-refractivity contribution in [2.75, 3.05) is 13.1 Å². The minimum absolute atomic E-state index is 0.703. The van der Waals surface area contributed by atoms with Crippen LogP contribution in [0.3, 0.4) is 0 Å². The summed E-state index contributed by atoms with van der Waals surface area (Å²) in [7, 11) is 2.08. The Hall–Kier alpha value is -0.870. The van der Waals surface area contributed by atoms with Gasteiger partial charge in [-0.25, -0.2) is 4.98 Å². The number of piperidine rings is 1. The van der Waals surface area contributed by atoms with E-state index < -0.39 is 0 Å². The first-order valence-electron chi connectivity index (χ1n) is 8.77. The molecule has 1 saturated carbocycles. The first kappa shape index (κ1) is 15.0. The van der Waals surface area contributed by atoms with Gasteiger partial charge in [0.25, 0.3) is 0 Å². The molecule has 0 amide bonds. The number of hydrogen-bond acceptors (Lipinski definition) is 3. The van der Waals surface area contributed by atoms with Gasteiger partial charge in [0.05, 0.1) is 0 Å². The lowest BCUT2D eigenvalue weighted by atomic mass is 9.77. The molecule has 2 aliphatic rings. The lowest BCUT2D eigenvalue weighted by Crippen LogP contribution is -2.50. The SMILES string of the molecule is Cn1ccnc1CCNC1CCCCC1C1CCCCN1. The Morgan fingerprint density at radius 2 is 2.10 bits per heavy atom. The summed E-state index contributed by atoms with van der Waals surface area (Å²) in [5, 5.41) is 7.62. The van der Waals surface area contributed by atoms with Gasteiger partial charge in [0, 0.05) is 44.5 Å². The zero-order valence-corrected chi connectivity index (χ0v) is 13.4. The monoisotopic (exact) mass is 290 g/mol. The van der Waals surface area contributed by atoms with Crippen molar-refractivity contribution in [1.82, 2.24) is 20.2 Å². The molecule has 1 aliphatic heterocycles. The lowest BCUT2D eigenvalue weighted by Gasteiger charge is -2.40. The highest BCUT2D eigenvalue weighted by Gasteiger charge is 2.31. The van der Waals surface area contributed by atoms with Crippen molar-refractivity contribution in [2.45, 2.75) is 63.5 Å². The molecule has 2 N–H and O–H groups in total. The van der Waals surface area contributed by atoms with Gasteiger partial charge in [0.1, 0.15) is 5.82 Å². The van der Waals surface area contributed by atoms with Crippen LogP contribution in [0.2, 0.25) is 0 Å². The maximum atomic E-state index is 4.42. The molecule has 118 valence electrons. The zero-order chi connectivity index (χ0) is 14.5. The molecular weight excluding hydrogens is 260 g/mol. The Morgan fingerprint density at radius 1 is 1.24 bits per heavy atom. The molecule has 2 fully saturated rings. The summed E-state index contributed by atoms with van der Waals surface area (Å²) in [6.45, 7) is 2.28. The second-order valence-corrected chi connectivity index (χ2v) is 6.77. The van der Waals surface area contributed by atoms with Crippen LogP contribution in [0.4, 0.5) is 0 Å². The maximum Gasteiger partial charge on any atom is 0.109 e. The molecule has 3 unspecified atom stereocenters. The van der Waals surface area contributed by atoms with Crippen molar-refractivity contribution in [3.8, 4) is 0 Å². The second-order valence-electron chi connectivity index (χ2n) is 6.77. The minimum Gasteiger partial charge on any atom is -0.338 e. The largest absolute Gasteiger partial charge is 0.338 e. The number of aromatic nitrogens is 2. The smallest absolute Gasteiger partial charge is 0.109 e. The normalized spacial score (nSPS) is 30.4. The summed E-state index contributed by atoms with van der Waals surface area (Å²) in [5.41, 5.74) is 0. The van der Waals surface area contributed by atoms with Crippen LogP contribution in [0.15, 0.2) is 12.4 Å². The summed E-state index contributed by atoms with van der Waals surface area (Å²) in [6, 6.07) is 1.46. The molecule has 1 aliphatic carbocycles. The fourth-order valence-corrected chi connectivity index (χ4v) is 4.15. The van der Waals surface area contributed by atoms with Crippen molar-refractivity contribution in [3.05, 3.63) is 18.2 Å². The fraction of sp³-hybridized carbons (Fsp3) is 0.824. The Morgan fingerprint density at radius 3 is 2.86 bits per heavy atom. The van der Waals surface area contributed by atoms with Crippen LogP contribution >= 0.6 is 0 Å². The van der Waals surface area contributed by atoms with Crippen molar-refractivity contribution >= 4 is 0 Å². The molecule has 4 heteroatoms. The molecule has 0 radical (unpaired) electrons. The van der Waals surface area contributed by atoms with Crippen LogP contribution in [-0.2, 0) is 13.5 Å². The molecule has 3 atom stereocenters. The molecule has 0 spiro atoms. The van der Waals surface area contributed by atoms with E-state index in [9.17, 15) is 0 Å². The van der Waals surface area contributed by atoms with Crippen LogP contribution in [-0.4, -0.2) is 34.7 Å². The van der Waals surface area contributed by atoms with Crippen LogP contribution in [0.5, 0.6) is 0 Å². The topological polar surface area (TPSA) is 41.9 Å². The van der Waals surface area contributed by atoms with E-state index in [4.69, 9.17) is 0 Å². The van der Waals surface area contributed by atoms with E-state index in [0.717, 1.165) is 24.9 Å². The zero-order valence-electron chi connectivity index (χ0n) is 13.4. The molecule has 1 aromatic heterocycles. The summed E-state index contributed by atoms with van der Waals surface area (Å²) in [4.78, 5) is 4.42. The van der Waals surface area contributed by atoms with Crippen LogP contribution in [0, 0.1) is 5.92 Å². The number of nitrogens with zero attached hydrogens (tertiary/aromatic N) is 2. The van der Waals surface area contributed by atoms with Gasteiger partial charge < -0.3 is 15.2 Å². The predicted octanol–water partition coefficient (Wildman–Crippen LogP) is 2.25. The highest BCUT2D eigenvalue weighted by atomic mass is 15.0. The Bertz CT molecular complexity index is 422. The average molecular weight is 290 g/mol. The highest BCUT2D eigenvalue weighted by Crippen LogP contribution is 2.30. The molecule has 2 heterocycles. The average Bonchev–Trinajstić information content (AvgIpc) is 2.94. The van der Waals surface area contributed by atoms with E-state index in [0.29, 0.717) is 6.04 Å². The molecule has 0 bridgehead atoms. The van der Waals surface area contributed by atoms with E-state index >= 15 is 0 Å². The van der Waals surface area contributed by atoms with Crippen LogP contribution < -0.4 is 10.6 Å². The molecule has 1 aromatic rings. The standard InChI is InChI=1S/C17H30N4/c1-21-13-12-20-17(21)9-11-19-16-7-3-2-6-14(16)15-8-4-5-10-18-15/h12-16,18-19H,2-11H2,1H3. The van der Waals surface area contributed by atoms with Gasteiger partial charge in [-0.15, -0.1) is 0 Å². The van der Waals surface area contributed by atoms with Gasteiger partial charge in [0.2, 0.25) is 0 Å². The highest BCUT2D eigenvalue weighted by molar-refractivity contribution is 4.94. The number of aryl methyl sites for hydroxylation is 1. The molecule has 0 aromatic carbocycles. The van der Waals surface area contributed by atoms with Crippen molar-refractivity contribution in [3.63, 3.8) is 0 Å². The first-order chi connectivity index (χ1) is 10.3. The molecule has 1 saturated heterocycles. The summed E-state index contributed by atoms with van der Waals surface area (Å²) in [6.07, 6.45) is 14.7. The van der Waals surface area contributed by atoms with Gasteiger partial charge in [-0.05, 0) is 38.1 Å². The van der Waals surface area contributed by atoms with Gasteiger partial charge in [-0.3, -0.25) is 0 Å². The second kappa shape index (κ2) is 7.41. The maximum absolute atomic E-state index is 4.42. The third-order valence-electron chi connectivity index (χ3n) is 5.36. The summed E-state index contributed by atoms with van der Waals surface area (Å²) >= 11 is 0. The third-order valence-corrected chi connectivity index (χ3v) is 5.36. The van der Waals surface area contributed by atoms with Crippen LogP contribution in [0.25, 0.3) is 0 Å². The number of rotatable bonds is 5. The number of nitrogens with one attached hydrogen (secondary N) is 2. The Kier molecular flexibility index (Phi) is 5.31. The van der Waals surface area contributed by atoms with Gasteiger partial charge in [0.15, 0.2) is 0 Å². The van der Waals surface area contributed by atoms with E-state index in [1.807, 2.05) is 12.4 Å². The van der Waals surface area contributed by atoms with E-state index in [1.54, 1.807) is 0 Å².